The van der Waals surface area contributed by atoms with Crippen LogP contribution in [0.2, 0.25) is 0 Å². The van der Waals surface area contributed by atoms with Crippen molar-refractivity contribution in [1.82, 2.24) is 9.97 Å². The Bertz CT molecular complexity index is 797. The molecule has 2 aromatic heterocycles. The molecule has 2 heterocycles. The molecular formula is C16H12N2O2S. The molecule has 0 aliphatic heterocycles. The summed E-state index contributed by atoms with van der Waals surface area (Å²) in [5.41, 5.74) is 3.22. The molecule has 0 aliphatic rings. The molecule has 0 saturated heterocycles. The molecule has 0 fully saturated rings. The van der Waals surface area contributed by atoms with Gasteiger partial charge in [0.05, 0.1) is 5.69 Å². The van der Waals surface area contributed by atoms with Crippen molar-refractivity contribution in [3.05, 3.63) is 59.2 Å². The van der Waals surface area contributed by atoms with Crippen molar-refractivity contribution in [2.75, 3.05) is 0 Å². The maximum atomic E-state index is 11.5. The first-order valence-corrected chi connectivity index (χ1v) is 7.18. The number of aromatic carboxylic acids is 1. The number of carbonyl (C=O) groups is 1. The van der Waals surface area contributed by atoms with E-state index in [0.717, 1.165) is 11.1 Å². The highest BCUT2D eigenvalue weighted by Gasteiger charge is 2.19. The first-order chi connectivity index (χ1) is 10.1. The van der Waals surface area contributed by atoms with Gasteiger partial charge in [-0.25, -0.2) is 9.78 Å². The number of hydrogen-bond donors (Lipinski definition) is 1. The van der Waals surface area contributed by atoms with E-state index in [1.807, 2.05) is 37.3 Å². The Morgan fingerprint density at radius 2 is 2.00 bits per heavy atom. The highest BCUT2D eigenvalue weighted by Crippen LogP contribution is 2.33. The maximum Gasteiger partial charge on any atom is 0.348 e. The Morgan fingerprint density at radius 3 is 2.67 bits per heavy atom. The van der Waals surface area contributed by atoms with Crippen molar-refractivity contribution in [3.63, 3.8) is 0 Å². The van der Waals surface area contributed by atoms with Crippen molar-refractivity contribution < 1.29 is 9.90 Å². The second-order valence-corrected chi connectivity index (χ2v) is 5.61. The predicted octanol–water partition coefficient (Wildman–Crippen LogP) is 3.88. The Kier molecular flexibility index (Phi) is 3.50. The fourth-order valence-electron chi connectivity index (χ4n) is 2.07. The van der Waals surface area contributed by atoms with Crippen LogP contribution in [-0.4, -0.2) is 21.0 Å². The average Bonchev–Trinajstić information content (AvgIpc) is 2.93. The van der Waals surface area contributed by atoms with Crippen LogP contribution in [0.1, 0.15) is 15.2 Å². The third kappa shape index (κ3) is 2.68. The van der Waals surface area contributed by atoms with Gasteiger partial charge in [-0.2, -0.15) is 0 Å². The molecule has 3 aromatic rings. The monoisotopic (exact) mass is 296 g/mol. The lowest BCUT2D eigenvalue weighted by molar-refractivity contribution is 0.0702. The third-order valence-corrected chi connectivity index (χ3v) is 4.11. The summed E-state index contributed by atoms with van der Waals surface area (Å²) in [7, 11) is 0. The highest BCUT2D eigenvalue weighted by atomic mass is 32.1. The lowest BCUT2D eigenvalue weighted by atomic mass is 10.1. The van der Waals surface area contributed by atoms with Gasteiger partial charge < -0.3 is 5.11 Å². The molecule has 0 unspecified atom stereocenters. The first-order valence-electron chi connectivity index (χ1n) is 6.36. The average molecular weight is 296 g/mol. The number of rotatable bonds is 3. The summed E-state index contributed by atoms with van der Waals surface area (Å²) in [6.07, 6.45) is 3.28. The second kappa shape index (κ2) is 5.46. The largest absolute Gasteiger partial charge is 0.477 e. The number of hydrogen-bond acceptors (Lipinski definition) is 4. The van der Waals surface area contributed by atoms with Crippen LogP contribution in [0.25, 0.3) is 21.8 Å². The van der Waals surface area contributed by atoms with E-state index in [-0.39, 0.29) is 4.88 Å². The molecule has 104 valence electrons. The van der Waals surface area contributed by atoms with Crippen molar-refractivity contribution in [3.8, 4) is 21.8 Å². The number of thiazole rings is 1. The number of aryl methyl sites for hydroxylation is 1. The maximum absolute atomic E-state index is 11.5. The zero-order chi connectivity index (χ0) is 14.8. The van der Waals surface area contributed by atoms with Gasteiger partial charge in [0, 0.05) is 23.5 Å². The van der Waals surface area contributed by atoms with Gasteiger partial charge in [-0.05, 0) is 25.1 Å². The Labute approximate surface area is 125 Å². The molecule has 0 spiro atoms. The van der Waals surface area contributed by atoms with Crippen LogP contribution in [0.15, 0.2) is 48.8 Å². The van der Waals surface area contributed by atoms with Crippen LogP contribution < -0.4 is 0 Å². The molecule has 0 saturated carbocycles. The van der Waals surface area contributed by atoms with Gasteiger partial charge in [0.2, 0.25) is 0 Å². The second-order valence-electron chi connectivity index (χ2n) is 4.61. The van der Waals surface area contributed by atoms with Crippen LogP contribution in [0.3, 0.4) is 0 Å². The normalized spacial score (nSPS) is 10.5. The van der Waals surface area contributed by atoms with Crippen LogP contribution in [0, 0.1) is 6.92 Å². The zero-order valence-electron chi connectivity index (χ0n) is 11.3. The van der Waals surface area contributed by atoms with E-state index in [4.69, 9.17) is 0 Å². The number of benzene rings is 1. The summed E-state index contributed by atoms with van der Waals surface area (Å²) >= 11 is 1.19. The zero-order valence-corrected chi connectivity index (χ0v) is 12.1. The predicted molar refractivity (Wildman–Crippen MR) is 82.5 cm³/mol. The summed E-state index contributed by atoms with van der Waals surface area (Å²) in [4.78, 5) is 20.2. The number of carboxylic acids is 1. The van der Waals surface area contributed by atoms with Gasteiger partial charge in [0.15, 0.2) is 0 Å². The first kappa shape index (κ1) is 13.5. The van der Waals surface area contributed by atoms with E-state index >= 15 is 0 Å². The molecule has 0 bridgehead atoms. The van der Waals surface area contributed by atoms with E-state index in [0.29, 0.717) is 16.3 Å². The molecule has 1 N–H and O–H groups in total. The fourth-order valence-corrected chi connectivity index (χ4v) is 2.99. The molecule has 5 heteroatoms. The number of aromatic nitrogens is 2. The molecule has 0 amide bonds. The van der Waals surface area contributed by atoms with Crippen molar-refractivity contribution in [1.29, 1.82) is 0 Å². The van der Waals surface area contributed by atoms with Gasteiger partial charge in [-0.15, -0.1) is 11.3 Å². The standard InChI is InChI=1S/C16H12N2O2S/c1-10-4-2-5-11(8-10)15-18-13(14(21-15)16(19)20)12-6-3-7-17-9-12/h2-9H,1H3,(H,19,20). The Hall–Kier alpha value is -2.53. The number of carboxylic acid groups (broad SMARTS) is 1. The molecule has 4 nitrogen and oxygen atoms in total. The molecule has 0 atom stereocenters. The molecular weight excluding hydrogens is 284 g/mol. The Morgan fingerprint density at radius 1 is 1.19 bits per heavy atom. The summed E-state index contributed by atoms with van der Waals surface area (Å²) in [5, 5.41) is 10.1. The van der Waals surface area contributed by atoms with E-state index in [1.165, 1.54) is 11.3 Å². The van der Waals surface area contributed by atoms with Crippen LogP contribution in [0.5, 0.6) is 0 Å². The molecule has 1 aromatic carbocycles. The van der Waals surface area contributed by atoms with Gasteiger partial charge >= 0.3 is 5.97 Å². The highest BCUT2D eigenvalue weighted by molar-refractivity contribution is 7.17. The van der Waals surface area contributed by atoms with Crippen LogP contribution in [-0.2, 0) is 0 Å². The minimum atomic E-state index is -0.967. The minimum absolute atomic E-state index is 0.236. The summed E-state index contributed by atoms with van der Waals surface area (Å²) in [6, 6.07) is 11.5. The smallest absolute Gasteiger partial charge is 0.348 e. The number of nitrogens with zero attached hydrogens (tertiary/aromatic N) is 2. The topological polar surface area (TPSA) is 63.1 Å². The summed E-state index contributed by atoms with van der Waals surface area (Å²) < 4.78 is 0. The van der Waals surface area contributed by atoms with Crippen molar-refractivity contribution >= 4 is 17.3 Å². The van der Waals surface area contributed by atoms with E-state index in [1.54, 1.807) is 18.5 Å². The van der Waals surface area contributed by atoms with Gasteiger partial charge in [-0.3, -0.25) is 4.98 Å². The van der Waals surface area contributed by atoms with E-state index in [9.17, 15) is 9.90 Å². The van der Waals surface area contributed by atoms with Gasteiger partial charge in [0.1, 0.15) is 9.88 Å². The lowest BCUT2D eigenvalue weighted by Gasteiger charge is -1.98. The lowest BCUT2D eigenvalue weighted by Crippen LogP contribution is -1.95. The molecule has 0 aliphatic carbocycles. The van der Waals surface area contributed by atoms with E-state index in [2.05, 4.69) is 9.97 Å². The summed E-state index contributed by atoms with van der Waals surface area (Å²) in [6.45, 7) is 2.00. The van der Waals surface area contributed by atoms with Crippen molar-refractivity contribution in [2.45, 2.75) is 6.92 Å². The van der Waals surface area contributed by atoms with Crippen molar-refractivity contribution in [2.24, 2.45) is 0 Å². The molecule has 21 heavy (non-hydrogen) atoms. The van der Waals surface area contributed by atoms with Gasteiger partial charge in [0.25, 0.3) is 0 Å². The SMILES string of the molecule is Cc1cccc(-c2nc(-c3cccnc3)c(C(=O)O)s2)c1. The van der Waals surface area contributed by atoms with Crippen LogP contribution >= 0.6 is 11.3 Å². The fraction of sp³-hybridized carbons (Fsp3) is 0.0625. The summed E-state index contributed by atoms with van der Waals surface area (Å²) in [5.74, 6) is -0.967. The van der Waals surface area contributed by atoms with Crippen LogP contribution in [0.4, 0.5) is 0 Å². The molecule has 0 radical (unpaired) electrons. The van der Waals surface area contributed by atoms with Gasteiger partial charge in [-0.1, -0.05) is 23.8 Å². The third-order valence-electron chi connectivity index (χ3n) is 3.02. The quantitative estimate of drug-likeness (QED) is 0.796. The minimum Gasteiger partial charge on any atom is -0.477 e. The Balaban J connectivity index is 2.15. The molecule has 3 rings (SSSR count). The van der Waals surface area contributed by atoms with E-state index < -0.39 is 5.97 Å². The number of pyridine rings is 1.